The van der Waals surface area contributed by atoms with Gasteiger partial charge < -0.3 is 14.2 Å². The van der Waals surface area contributed by atoms with E-state index in [1.807, 2.05) is 35.9 Å². The van der Waals surface area contributed by atoms with Crippen LogP contribution in [-0.2, 0) is 13.7 Å². The first-order valence-electron chi connectivity index (χ1n) is 7.84. The highest BCUT2D eigenvalue weighted by molar-refractivity contribution is 7.99. The lowest BCUT2D eigenvalue weighted by molar-refractivity contribution is 0.290. The van der Waals surface area contributed by atoms with E-state index in [4.69, 9.17) is 16.3 Å². The van der Waals surface area contributed by atoms with Gasteiger partial charge in [-0.15, -0.1) is 10.2 Å². The molecular formula is C16H21ClN4OS. The predicted octanol–water partition coefficient (Wildman–Crippen LogP) is 3.24. The molecule has 5 nitrogen and oxygen atoms in total. The number of likely N-dealkylation sites (tertiary alicyclic amines) is 1. The summed E-state index contributed by atoms with van der Waals surface area (Å²) in [6.07, 6.45) is 2.67. The third-order valence-electron chi connectivity index (χ3n) is 3.94. The van der Waals surface area contributed by atoms with E-state index >= 15 is 0 Å². The van der Waals surface area contributed by atoms with Gasteiger partial charge in [-0.1, -0.05) is 23.4 Å². The van der Waals surface area contributed by atoms with Gasteiger partial charge in [0.05, 0.1) is 0 Å². The number of aromatic nitrogens is 3. The standard InChI is InChI=1S/C16H21ClN4OS/c1-20-15(12-22-14-6-4-13(17)5-7-14)18-19-16(20)23-11-10-21-8-2-3-9-21/h4-7H,2-3,8-12H2,1H3. The molecule has 23 heavy (non-hydrogen) atoms. The second kappa shape index (κ2) is 8.04. The van der Waals surface area contributed by atoms with E-state index in [1.54, 1.807) is 11.8 Å². The van der Waals surface area contributed by atoms with Gasteiger partial charge in [0.25, 0.3) is 0 Å². The molecule has 124 valence electrons. The molecule has 1 aliphatic rings. The van der Waals surface area contributed by atoms with Crippen LogP contribution in [0.2, 0.25) is 5.02 Å². The minimum Gasteiger partial charge on any atom is -0.486 e. The van der Waals surface area contributed by atoms with Crippen LogP contribution in [0, 0.1) is 0 Å². The van der Waals surface area contributed by atoms with Crippen molar-refractivity contribution in [2.45, 2.75) is 24.6 Å². The van der Waals surface area contributed by atoms with Gasteiger partial charge in [-0.2, -0.15) is 0 Å². The van der Waals surface area contributed by atoms with Crippen molar-refractivity contribution in [1.82, 2.24) is 19.7 Å². The van der Waals surface area contributed by atoms with Crippen molar-refractivity contribution in [1.29, 1.82) is 0 Å². The van der Waals surface area contributed by atoms with Crippen molar-refractivity contribution in [3.63, 3.8) is 0 Å². The fourth-order valence-corrected chi connectivity index (χ4v) is 3.60. The van der Waals surface area contributed by atoms with Crippen LogP contribution in [0.1, 0.15) is 18.7 Å². The van der Waals surface area contributed by atoms with E-state index in [0.717, 1.165) is 29.0 Å². The number of rotatable bonds is 7. The van der Waals surface area contributed by atoms with Crippen LogP contribution in [0.5, 0.6) is 5.75 Å². The molecule has 2 heterocycles. The fourth-order valence-electron chi connectivity index (χ4n) is 2.55. The van der Waals surface area contributed by atoms with Crippen molar-refractivity contribution in [2.24, 2.45) is 7.05 Å². The largest absolute Gasteiger partial charge is 0.486 e. The van der Waals surface area contributed by atoms with Gasteiger partial charge in [-0.3, -0.25) is 0 Å². The molecule has 1 aliphatic heterocycles. The molecule has 0 amide bonds. The summed E-state index contributed by atoms with van der Waals surface area (Å²) >= 11 is 7.62. The zero-order chi connectivity index (χ0) is 16.1. The summed E-state index contributed by atoms with van der Waals surface area (Å²) in [5.74, 6) is 2.65. The molecule has 0 spiro atoms. The van der Waals surface area contributed by atoms with Crippen LogP contribution in [0.15, 0.2) is 29.4 Å². The lowest BCUT2D eigenvalue weighted by Crippen LogP contribution is -2.22. The predicted molar refractivity (Wildman–Crippen MR) is 93.2 cm³/mol. The molecule has 0 radical (unpaired) electrons. The van der Waals surface area contributed by atoms with Crippen LogP contribution in [-0.4, -0.2) is 45.1 Å². The summed E-state index contributed by atoms with van der Waals surface area (Å²) in [6.45, 7) is 3.99. The second-order valence-corrected chi connectivity index (χ2v) is 7.10. The van der Waals surface area contributed by atoms with Gasteiger partial charge in [-0.05, 0) is 50.2 Å². The Morgan fingerprint density at radius 1 is 1.17 bits per heavy atom. The van der Waals surface area contributed by atoms with Gasteiger partial charge in [0.15, 0.2) is 11.0 Å². The lowest BCUT2D eigenvalue weighted by Gasteiger charge is -2.13. The summed E-state index contributed by atoms with van der Waals surface area (Å²) < 4.78 is 7.73. The van der Waals surface area contributed by atoms with Crippen molar-refractivity contribution in [3.8, 4) is 5.75 Å². The molecule has 3 rings (SSSR count). The minimum atomic E-state index is 0.401. The molecule has 0 bridgehead atoms. The Labute approximate surface area is 146 Å². The Kier molecular flexibility index (Phi) is 5.80. The summed E-state index contributed by atoms with van der Waals surface area (Å²) in [5.41, 5.74) is 0. The summed E-state index contributed by atoms with van der Waals surface area (Å²) in [7, 11) is 1.98. The first-order chi connectivity index (χ1) is 11.2. The quantitative estimate of drug-likeness (QED) is 0.716. The number of nitrogens with zero attached hydrogens (tertiary/aromatic N) is 4. The average Bonchev–Trinajstić information content (AvgIpc) is 3.18. The van der Waals surface area contributed by atoms with Crippen LogP contribution in [0.3, 0.4) is 0 Å². The number of ether oxygens (including phenoxy) is 1. The topological polar surface area (TPSA) is 43.2 Å². The van der Waals surface area contributed by atoms with Gasteiger partial charge in [0, 0.05) is 24.4 Å². The maximum atomic E-state index is 5.86. The van der Waals surface area contributed by atoms with Crippen LogP contribution in [0.4, 0.5) is 0 Å². The number of thioether (sulfide) groups is 1. The van der Waals surface area contributed by atoms with Gasteiger partial charge in [0.1, 0.15) is 12.4 Å². The second-order valence-electron chi connectivity index (χ2n) is 5.60. The number of halogens is 1. The van der Waals surface area contributed by atoms with E-state index in [0.29, 0.717) is 11.6 Å². The third kappa shape index (κ3) is 4.62. The maximum Gasteiger partial charge on any atom is 0.191 e. The summed E-state index contributed by atoms with van der Waals surface area (Å²) in [5, 5.41) is 10.1. The van der Waals surface area contributed by atoms with Crippen molar-refractivity contribution >= 4 is 23.4 Å². The van der Waals surface area contributed by atoms with Crippen LogP contribution >= 0.6 is 23.4 Å². The molecule has 0 N–H and O–H groups in total. The van der Waals surface area contributed by atoms with Crippen molar-refractivity contribution in [3.05, 3.63) is 35.1 Å². The smallest absolute Gasteiger partial charge is 0.191 e. The molecule has 1 saturated heterocycles. The molecule has 2 aromatic rings. The number of hydrogen-bond donors (Lipinski definition) is 0. The van der Waals surface area contributed by atoms with Gasteiger partial charge >= 0.3 is 0 Å². The fraction of sp³-hybridized carbons (Fsp3) is 0.500. The molecule has 0 aliphatic carbocycles. The monoisotopic (exact) mass is 352 g/mol. The summed E-state index contributed by atoms with van der Waals surface area (Å²) in [6, 6.07) is 7.33. The Balaban J connectivity index is 1.48. The molecule has 0 saturated carbocycles. The molecule has 7 heteroatoms. The lowest BCUT2D eigenvalue weighted by atomic mass is 10.3. The van der Waals surface area contributed by atoms with E-state index in [1.165, 1.54) is 25.9 Å². The molecule has 1 aromatic carbocycles. The van der Waals surface area contributed by atoms with E-state index in [-0.39, 0.29) is 0 Å². The molecule has 1 fully saturated rings. The highest BCUT2D eigenvalue weighted by Gasteiger charge is 2.13. The highest BCUT2D eigenvalue weighted by atomic mass is 35.5. The Bertz CT molecular complexity index is 626. The highest BCUT2D eigenvalue weighted by Crippen LogP contribution is 2.19. The Hall–Kier alpha value is -1.24. The van der Waals surface area contributed by atoms with Crippen LogP contribution < -0.4 is 4.74 Å². The Morgan fingerprint density at radius 3 is 2.65 bits per heavy atom. The number of benzene rings is 1. The molecule has 0 unspecified atom stereocenters. The average molecular weight is 353 g/mol. The zero-order valence-electron chi connectivity index (χ0n) is 13.2. The third-order valence-corrected chi connectivity index (χ3v) is 5.20. The van der Waals surface area contributed by atoms with E-state index in [9.17, 15) is 0 Å². The Morgan fingerprint density at radius 2 is 1.91 bits per heavy atom. The van der Waals surface area contributed by atoms with E-state index < -0.39 is 0 Å². The first kappa shape index (κ1) is 16.6. The van der Waals surface area contributed by atoms with Gasteiger partial charge in [-0.25, -0.2) is 0 Å². The van der Waals surface area contributed by atoms with Crippen molar-refractivity contribution in [2.75, 3.05) is 25.4 Å². The first-order valence-corrected chi connectivity index (χ1v) is 9.20. The molecule has 0 atom stereocenters. The zero-order valence-corrected chi connectivity index (χ0v) is 14.8. The summed E-state index contributed by atoms with van der Waals surface area (Å²) in [4.78, 5) is 2.51. The normalized spacial score (nSPS) is 15.2. The number of hydrogen-bond acceptors (Lipinski definition) is 5. The minimum absolute atomic E-state index is 0.401. The van der Waals surface area contributed by atoms with E-state index in [2.05, 4.69) is 15.1 Å². The molecular weight excluding hydrogens is 332 g/mol. The van der Waals surface area contributed by atoms with Crippen molar-refractivity contribution < 1.29 is 4.74 Å². The van der Waals surface area contributed by atoms with Crippen LogP contribution in [0.25, 0.3) is 0 Å². The molecule has 1 aromatic heterocycles. The maximum absolute atomic E-state index is 5.86. The SMILES string of the molecule is Cn1c(COc2ccc(Cl)cc2)nnc1SCCN1CCCC1. The van der Waals surface area contributed by atoms with Gasteiger partial charge in [0.2, 0.25) is 0 Å².